The second kappa shape index (κ2) is 4.11. The molecule has 16 heavy (non-hydrogen) atoms. The lowest BCUT2D eigenvalue weighted by Crippen LogP contribution is -2.08. The van der Waals surface area contributed by atoms with E-state index in [1.54, 1.807) is 12.1 Å². The summed E-state index contributed by atoms with van der Waals surface area (Å²) in [6.07, 6.45) is 1.49. The molecular weight excluding hydrogens is 253 g/mol. The number of pyridine rings is 1. The molecule has 0 aliphatic heterocycles. The Morgan fingerprint density at radius 1 is 1.50 bits per heavy atom. The van der Waals surface area contributed by atoms with Gasteiger partial charge in [-0.25, -0.2) is 9.67 Å². The number of nitrogens with one attached hydrogen (secondary N) is 1. The number of carbonyl (C=O) groups excluding carboxylic acids is 1. The fraction of sp³-hybridized carbons (Fsp3) is 0. The highest BCUT2D eigenvalue weighted by Gasteiger charge is 2.14. The van der Waals surface area contributed by atoms with Crippen LogP contribution in [0.5, 0.6) is 0 Å². The minimum atomic E-state index is -0.764. The van der Waals surface area contributed by atoms with Crippen molar-refractivity contribution < 1.29 is 4.79 Å². The van der Waals surface area contributed by atoms with Crippen molar-refractivity contribution in [3.8, 4) is 5.82 Å². The second-order valence-corrected chi connectivity index (χ2v) is 3.67. The number of rotatable bonds is 2. The molecule has 0 aliphatic carbocycles. The van der Waals surface area contributed by atoms with Gasteiger partial charge in [0, 0.05) is 12.3 Å². The summed E-state index contributed by atoms with van der Waals surface area (Å²) in [6, 6.07) is 4.31. The maximum atomic E-state index is 11.1. The van der Waals surface area contributed by atoms with E-state index in [1.807, 2.05) is 0 Å². The summed E-state index contributed by atoms with van der Waals surface area (Å²) in [6.45, 7) is 0. The Balaban J connectivity index is 2.69. The van der Waals surface area contributed by atoms with Crippen LogP contribution in [0.1, 0.15) is 10.5 Å². The molecule has 0 spiro atoms. The summed E-state index contributed by atoms with van der Waals surface area (Å²) in [7, 11) is 0. The van der Waals surface area contributed by atoms with E-state index < -0.39 is 10.8 Å². The summed E-state index contributed by atoms with van der Waals surface area (Å²) in [4.78, 5) is 26.2. The zero-order chi connectivity index (χ0) is 11.7. The van der Waals surface area contributed by atoms with Crippen LogP contribution < -0.4 is 5.56 Å². The number of nitrogens with zero attached hydrogens (tertiary/aromatic N) is 2. The van der Waals surface area contributed by atoms with Crippen molar-refractivity contribution in [2.24, 2.45) is 0 Å². The monoisotopic (exact) mass is 257 g/mol. The van der Waals surface area contributed by atoms with Gasteiger partial charge in [0.05, 0.1) is 5.02 Å². The van der Waals surface area contributed by atoms with Gasteiger partial charge >= 0.3 is 0 Å². The zero-order valence-electron chi connectivity index (χ0n) is 7.78. The predicted molar refractivity (Wildman–Crippen MR) is 59.4 cm³/mol. The molecule has 2 rings (SSSR count). The number of H-pyrrole nitrogens is 1. The van der Waals surface area contributed by atoms with Crippen LogP contribution in [-0.4, -0.2) is 20.0 Å². The van der Waals surface area contributed by atoms with Crippen LogP contribution in [0.3, 0.4) is 0 Å². The summed E-state index contributed by atoms with van der Waals surface area (Å²) in [5, 5.41) is 1.93. The first-order valence-corrected chi connectivity index (χ1v) is 4.98. The van der Waals surface area contributed by atoms with Gasteiger partial charge in [-0.2, -0.15) is 0 Å². The van der Waals surface area contributed by atoms with E-state index in [4.69, 9.17) is 23.2 Å². The highest BCUT2D eigenvalue weighted by atomic mass is 35.5. The molecule has 1 N–H and O–H groups in total. The van der Waals surface area contributed by atoms with Gasteiger partial charge in [-0.15, -0.1) is 0 Å². The fourth-order valence-electron chi connectivity index (χ4n) is 1.24. The van der Waals surface area contributed by atoms with E-state index in [0.29, 0.717) is 5.02 Å². The van der Waals surface area contributed by atoms with Crippen LogP contribution in [0.15, 0.2) is 29.2 Å². The topological polar surface area (TPSA) is 67.8 Å². The number of hydrogen-bond acceptors (Lipinski definition) is 3. The number of aromatic amines is 1. The molecule has 0 unspecified atom stereocenters. The van der Waals surface area contributed by atoms with Crippen molar-refractivity contribution in [1.29, 1.82) is 0 Å². The SMILES string of the molecule is O=C(Cl)c1cc(=O)[nH]n1-c1ncccc1Cl. The Hall–Kier alpha value is -1.59. The van der Waals surface area contributed by atoms with Crippen molar-refractivity contribution in [3.05, 3.63) is 45.5 Å². The molecule has 2 aromatic heterocycles. The third-order valence-electron chi connectivity index (χ3n) is 1.88. The lowest BCUT2D eigenvalue weighted by Gasteiger charge is -2.05. The van der Waals surface area contributed by atoms with Gasteiger partial charge in [-0.1, -0.05) is 11.6 Å². The van der Waals surface area contributed by atoms with Crippen LogP contribution in [0.4, 0.5) is 0 Å². The third-order valence-corrected chi connectivity index (χ3v) is 2.37. The summed E-state index contributed by atoms with van der Waals surface area (Å²) < 4.78 is 1.15. The Kier molecular flexibility index (Phi) is 2.80. The minimum absolute atomic E-state index is 0.00716. The van der Waals surface area contributed by atoms with Crippen LogP contribution >= 0.6 is 23.2 Å². The molecule has 0 atom stereocenters. The Morgan fingerprint density at radius 3 is 2.88 bits per heavy atom. The molecule has 0 aliphatic rings. The summed E-state index contributed by atoms with van der Waals surface area (Å²) in [5.74, 6) is 0.246. The van der Waals surface area contributed by atoms with Crippen molar-refractivity contribution in [2.45, 2.75) is 0 Å². The Labute approximate surface area is 99.6 Å². The molecule has 0 aromatic carbocycles. The average molecular weight is 258 g/mol. The van der Waals surface area contributed by atoms with Gasteiger partial charge in [0.2, 0.25) is 0 Å². The van der Waals surface area contributed by atoms with E-state index in [9.17, 15) is 9.59 Å². The van der Waals surface area contributed by atoms with Crippen LogP contribution in [0.2, 0.25) is 5.02 Å². The van der Waals surface area contributed by atoms with E-state index in [-0.39, 0.29) is 11.5 Å². The lowest BCUT2D eigenvalue weighted by molar-refractivity contribution is 0.107. The number of aromatic nitrogens is 3. The standard InChI is InChI=1S/C9H5Cl2N3O2/c10-5-2-1-3-12-9(5)14-6(8(11)16)4-7(15)13-14/h1-4H,(H,13,15). The van der Waals surface area contributed by atoms with Gasteiger partial charge in [-0.05, 0) is 23.7 Å². The molecule has 5 nitrogen and oxygen atoms in total. The van der Waals surface area contributed by atoms with Gasteiger partial charge < -0.3 is 0 Å². The lowest BCUT2D eigenvalue weighted by atomic mass is 10.4. The highest BCUT2D eigenvalue weighted by molar-refractivity contribution is 6.67. The molecule has 0 radical (unpaired) electrons. The minimum Gasteiger partial charge on any atom is -0.274 e. The van der Waals surface area contributed by atoms with Gasteiger partial charge in [0.1, 0.15) is 5.69 Å². The smallest absolute Gasteiger partial charge is 0.271 e. The number of hydrogen-bond donors (Lipinski definition) is 1. The summed E-state index contributed by atoms with van der Waals surface area (Å²) in [5.41, 5.74) is -0.460. The van der Waals surface area contributed by atoms with E-state index in [2.05, 4.69) is 10.1 Å². The maximum absolute atomic E-state index is 11.1. The van der Waals surface area contributed by atoms with Gasteiger partial charge in [0.25, 0.3) is 10.8 Å². The molecule has 82 valence electrons. The Morgan fingerprint density at radius 2 is 2.25 bits per heavy atom. The molecule has 0 fully saturated rings. The molecule has 0 saturated carbocycles. The third kappa shape index (κ3) is 1.87. The first kappa shape index (κ1) is 10.9. The molecule has 0 amide bonds. The number of carbonyl (C=O) groups is 1. The van der Waals surface area contributed by atoms with E-state index >= 15 is 0 Å². The predicted octanol–water partition coefficient (Wildman–Crippen LogP) is 1.59. The quantitative estimate of drug-likeness (QED) is 0.831. The molecule has 2 aromatic rings. The van der Waals surface area contributed by atoms with Gasteiger partial charge in [-0.3, -0.25) is 14.7 Å². The first-order valence-electron chi connectivity index (χ1n) is 4.22. The molecule has 7 heteroatoms. The van der Waals surface area contributed by atoms with Crippen molar-refractivity contribution in [2.75, 3.05) is 0 Å². The van der Waals surface area contributed by atoms with Crippen LogP contribution in [0.25, 0.3) is 5.82 Å². The molecule has 0 bridgehead atoms. The molecule has 2 heterocycles. The average Bonchev–Trinajstić information content (AvgIpc) is 2.61. The fourth-order valence-corrected chi connectivity index (χ4v) is 1.59. The highest BCUT2D eigenvalue weighted by Crippen LogP contribution is 2.17. The van der Waals surface area contributed by atoms with E-state index in [0.717, 1.165) is 10.7 Å². The molecule has 0 saturated heterocycles. The van der Waals surface area contributed by atoms with E-state index in [1.165, 1.54) is 6.20 Å². The van der Waals surface area contributed by atoms with Crippen LogP contribution in [0, 0.1) is 0 Å². The molecular formula is C9H5Cl2N3O2. The second-order valence-electron chi connectivity index (χ2n) is 2.92. The van der Waals surface area contributed by atoms with Crippen molar-refractivity contribution in [1.82, 2.24) is 14.8 Å². The van der Waals surface area contributed by atoms with Crippen molar-refractivity contribution >= 4 is 28.4 Å². The van der Waals surface area contributed by atoms with Crippen LogP contribution in [-0.2, 0) is 0 Å². The largest absolute Gasteiger partial charge is 0.274 e. The summed E-state index contributed by atoms with van der Waals surface area (Å²) >= 11 is 11.2. The zero-order valence-corrected chi connectivity index (χ0v) is 9.29. The first-order chi connectivity index (χ1) is 7.59. The number of halogens is 2. The normalized spacial score (nSPS) is 10.4. The van der Waals surface area contributed by atoms with Gasteiger partial charge in [0.15, 0.2) is 5.82 Å². The maximum Gasteiger partial charge on any atom is 0.271 e. The van der Waals surface area contributed by atoms with Crippen molar-refractivity contribution in [3.63, 3.8) is 0 Å². The Bertz CT molecular complexity index is 603.